The Balaban J connectivity index is 2.33. The predicted molar refractivity (Wildman–Crippen MR) is 42.7 cm³/mol. The molecular weight excluding hydrogens is 156 g/mol. The number of hydrogen-bond acceptors (Lipinski definition) is 3. The van der Waals surface area contributed by atoms with E-state index in [0.29, 0.717) is 6.42 Å². The van der Waals surface area contributed by atoms with Crippen molar-refractivity contribution in [2.24, 2.45) is 0 Å². The molecule has 3 atom stereocenters. The van der Waals surface area contributed by atoms with Gasteiger partial charge in [0.1, 0.15) is 0 Å². The SMILES string of the molecule is C[C@@H]1C[C@@]2(C)CC(=O)[C@@](C)(O1)O2. The zero-order valence-electron chi connectivity index (χ0n) is 7.72. The normalized spacial score (nSPS) is 52.9. The highest BCUT2D eigenvalue weighted by atomic mass is 16.7. The average Bonchev–Trinajstić information content (AvgIpc) is 1.96. The van der Waals surface area contributed by atoms with Crippen LogP contribution in [0.1, 0.15) is 33.6 Å². The summed E-state index contributed by atoms with van der Waals surface area (Å²) in [5.41, 5.74) is -0.274. The van der Waals surface area contributed by atoms with E-state index in [1.54, 1.807) is 6.92 Å². The molecule has 0 radical (unpaired) electrons. The Hall–Kier alpha value is -0.410. The fraction of sp³-hybridized carbons (Fsp3) is 0.889. The van der Waals surface area contributed by atoms with Crippen LogP contribution in [0.25, 0.3) is 0 Å². The Morgan fingerprint density at radius 2 is 2.17 bits per heavy atom. The highest BCUT2D eigenvalue weighted by Crippen LogP contribution is 2.44. The summed E-state index contributed by atoms with van der Waals surface area (Å²) in [7, 11) is 0. The van der Waals surface area contributed by atoms with E-state index in [-0.39, 0.29) is 17.5 Å². The number of hydrogen-bond donors (Lipinski definition) is 0. The first-order chi connectivity index (χ1) is 5.44. The fourth-order valence-electron chi connectivity index (χ4n) is 2.30. The van der Waals surface area contributed by atoms with Gasteiger partial charge in [0.2, 0.25) is 5.79 Å². The van der Waals surface area contributed by atoms with E-state index in [1.165, 1.54) is 0 Å². The molecule has 0 aromatic rings. The van der Waals surface area contributed by atoms with E-state index in [0.717, 1.165) is 6.42 Å². The standard InChI is InChI=1S/C9H14O3/c1-6-4-8(2)5-7(10)9(3,11-6)12-8/h6H,4-5H2,1-3H3/t6-,8+,9+/m1/s1. The van der Waals surface area contributed by atoms with Crippen LogP contribution in [-0.4, -0.2) is 23.3 Å². The molecule has 2 rings (SSSR count). The third-order valence-corrected chi connectivity index (χ3v) is 2.63. The molecule has 0 aliphatic carbocycles. The third-order valence-electron chi connectivity index (χ3n) is 2.63. The molecule has 68 valence electrons. The van der Waals surface area contributed by atoms with Gasteiger partial charge in [-0.1, -0.05) is 0 Å². The van der Waals surface area contributed by atoms with Gasteiger partial charge in [0.15, 0.2) is 5.78 Å². The number of ketones is 1. The first-order valence-electron chi connectivity index (χ1n) is 4.35. The van der Waals surface area contributed by atoms with Crippen molar-refractivity contribution in [3.8, 4) is 0 Å². The molecule has 3 heteroatoms. The summed E-state index contributed by atoms with van der Waals surface area (Å²) >= 11 is 0. The predicted octanol–water partition coefficient (Wildman–Crippen LogP) is 1.26. The van der Waals surface area contributed by atoms with Crippen molar-refractivity contribution >= 4 is 5.78 Å². The van der Waals surface area contributed by atoms with Crippen molar-refractivity contribution in [3.63, 3.8) is 0 Å². The number of rotatable bonds is 0. The molecule has 12 heavy (non-hydrogen) atoms. The largest absolute Gasteiger partial charge is 0.341 e. The molecule has 2 fully saturated rings. The zero-order chi connectivity index (χ0) is 8.98. The first-order valence-corrected chi connectivity index (χ1v) is 4.35. The minimum absolute atomic E-state index is 0.0781. The van der Waals surface area contributed by atoms with Crippen molar-refractivity contribution in [1.29, 1.82) is 0 Å². The van der Waals surface area contributed by atoms with Crippen LogP contribution >= 0.6 is 0 Å². The number of ether oxygens (including phenoxy) is 2. The van der Waals surface area contributed by atoms with Gasteiger partial charge in [0.05, 0.1) is 11.7 Å². The molecule has 0 aromatic carbocycles. The Kier molecular flexibility index (Phi) is 1.43. The van der Waals surface area contributed by atoms with Gasteiger partial charge in [-0.05, 0) is 20.8 Å². The lowest BCUT2D eigenvalue weighted by molar-refractivity contribution is -0.287. The van der Waals surface area contributed by atoms with Crippen molar-refractivity contribution in [2.45, 2.75) is 51.1 Å². The Morgan fingerprint density at radius 1 is 1.50 bits per heavy atom. The third kappa shape index (κ3) is 1.00. The van der Waals surface area contributed by atoms with Crippen LogP contribution in [0.5, 0.6) is 0 Å². The second-order valence-corrected chi connectivity index (χ2v) is 4.23. The summed E-state index contributed by atoms with van der Waals surface area (Å²) < 4.78 is 11.1. The summed E-state index contributed by atoms with van der Waals surface area (Å²) in [6, 6.07) is 0. The second-order valence-electron chi connectivity index (χ2n) is 4.23. The van der Waals surface area contributed by atoms with E-state index in [2.05, 4.69) is 0 Å². The van der Waals surface area contributed by atoms with Gasteiger partial charge in [-0.3, -0.25) is 4.79 Å². The quantitative estimate of drug-likeness (QED) is 0.549. The lowest BCUT2D eigenvalue weighted by Gasteiger charge is -2.38. The number of carbonyl (C=O) groups is 1. The molecule has 0 amide bonds. The fourth-order valence-corrected chi connectivity index (χ4v) is 2.30. The first kappa shape index (κ1) is 8.20. The molecule has 2 heterocycles. The smallest absolute Gasteiger partial charge is 0.226 e. The maximum atomic E-state index is 11.5. The zero-order valence-corrected chi connectivity index (χ0v) is 7.72. The molecule has 2 saturated heterocycles. The molecule has 0 saturated carbocycles. The Morgan fingerprint density at radius 3 is 2.75 bits per heavy atom. The lowest BCUT2D eigenvalue weighted by atomic mass is 9.96. The van der Waals surface area contributed by atoms with Gasteiger partial charge >= 0.3 is 0 Å². The van der Waals surface area contributed by atoms with Gasteiger partial charge < -0.3 is 9.47 Å². The van der Waals surface area contributed by atoms with Crippen molar-refractivity contribution < 1.29 is 14.3 Å². The van der Waals surface area contributed by atoms with Crippen LogP contribution < -0.4 is 0 Å². The minimum Gasteiger partial charge on any atom is -0.341 e. The number of carbonyl (C=O) groups excluding carboxylic acids is 1. The topological polar surface area (TPSA) is 35.5 Å². The van der Waals surface area contributed by atoms with Gasteiger partial charge in [-0.25, -0.2) is 0 Å². The summed E-state index contributed by atoms with van der Waals surface area (Å²) in [4.78, 5) is 11.5. The van der Waals surface area contributed by atoms with Gasteiger partial charge in [0, 0.05) is 12.8 Å². The highest BCUT2D eigenvalue weighted by molar-refractivity contribution is 5.88. The molecular formula is C9H14O3. The summed E-state index contributed by atoms with van der Waals surface area (Å²) in [6.45, 7) is 5.68. The summed E-state index contributed by atoms with van der Waals surface area (Å²) in [5, 5.41) is 0. The highest BCUT2D eigenvalue weighted by Gasteiger charge is 2.56. The van der Waals surface area contributed by atoms with E-state index >= 15 is 0 Å². The molecule has 0 spiro atoms. The van der Waals surface area contributed by atoms with Crippen LogP contribution in [-0.2, 0) is 14.3 Å². The minimum atomic E-state index is -0.952. The van der Waals surface area contributed by atoms with Crippen molar-refractivity contribution in [3.05, 3.63) is 0 Å². The van der Waals surface area contributed by atoms with Crippen molar-refractivity contribution in [2.75, 3.05) is 0 Å². The van der Waals surface area contributed by atoms with Gasteiger partial charge in [0.25, 0.3) is 0 Å². The van der Waals surface area contributed by atoms with Crippen LogP contribution in [0.4, 0.5) is 0 Å². The second kappa shape index (κ2) is 2.09. The molecule has 0 aromatic heterocycles. The molecule has 0 N–H and O–H groups in total. The summed E-state index contributed by atoms with van der Waals surface area (Å²) in [6.07, 6.45) is 1.43. The van der Waals surface area contributed by atoms with Gasteiger partial charge in [-0.2, -0.15) is 0 Å². The number of Topliss-reactive ketones (excluding diaryl/α,β-unsaturated/α-hetero) is 1. The van der Waals surface area contributed by atoms with E-state index in [1.807, 2.05) is 13.8 Å². The van der Waals surface area contributed by atoms with Crippen LogP contribution in [0.15, 0.2) is 0 Å². The molecule has 0 unspecified atom stereocenters. The average molecular weight is 170 g/mol. The molecule has 2 bridgehead atoms. The molecule has 2 aliphatic heterocycles. The summed E-state index contributed by atoms with van der Waals surface area (Å²) in [5.74, 6) is -0.874. The Bertz CT molecular complexity index is 238. The maximum absolute atomic E-state index is 11.5. The van der Waals surface area contributed by atoms with E-state index < -0.39 is 5.79 Å². The van der Waals surface area contributed by atoms with E-state index in [4.69, 9.17) is 9.47 Å². The lowest BCUT2D eigenvalue weighted by Crippen LogP contribution is -2.46. The number of fused-ring (bicyclic) bond motifs is 2. The van der Waals surface area contributed by atoms with Crippen molar-refractivity contribution in [1.82, 2.24) is 0 Å². The van der Waals surface area contributed by atoms with Gasteiger partial charge in [-0.15, -0.1) is 0 Å². The molecule has 3 nitrogen and oxygen atoms in total. The van der Waals surface area contributed by atoms with Crippen LogP contribution in [0.2, 0.25) is 0 Å². The molecule has 2 aliphatic rings. The van der Waals surface area contributed by atoms with Crippen LogP contribution in [0.3, 0.4) is 0 Å². The monoisotopic (exact) mass is 170 g/mol. The van der Waals surface area contributed by atoms with Crippen LogP contribution in [0, 0.1) is 0 Å². The maximum Gasteiger partial charge on any atom is 0.226 e. The Labute approximate surface area is 72.0 Å². The van der Waals surface area contributed by atoms with E-state index in [9.17, 15) is 4.79 Å².